The van der Waals surface area contributed by atoms with Crippen LogP contribution in [-0.4, -0.2) is 23.3 Å². The van der Waals surface area contributed by atoms with Crippen LogP contribution in [-0.2, 0) is 9.53 Å². The van der Waals surface area contributed by atoms with Gasteiger partial charge in [-0.15, -0.1) is 0 Å². The lowest BCUT2D eigenvalue weighted by Gasteiger charge is -2.10. The number of carboxylic acid groups (broad SMARTS) is 1. The van der Waals surface area contributed by atoms with Crippen LogP contribution in [0.15, 0.2) is 0 Å². The second-order valence-electron chi connectivity index (χ2n) is 4.63. The Kier molecular flexibility index (Phi) is 2.77. The van der Waals surface area contributed by atoms with Crippen molar-refractivity contribution in [2.45, 2.75) is 50.5 Å². The third-order valence-corrected chi connectivity index (χ3v) is 3.55. The van der Waals surface area contributed by atoms with E-state index in [1.165, 1.54) is 32.1 Å². The predicted molar refractivity (Wildman–Crippen MR) is 52.1 cm³/mol. The Bertz CT molecular complexity index is 215. The minimum atomic E-state index is -0.779. The molecule has 0 spiro atoms. The smallest absolute Gasteiger partial charge is 0.338 e. The van der Waals surface area contributed by atoms with Gasteiger partial charge in [0.2, 0.25) is 0 Å². The van der Waals surface area contributed by atoms with Crippen LogP contribution >= 0.6 is 0 Å². The number of rotatable bonds is 5. The van der Waals surface area contributed by atoms with Crippen molar-refractivity contribution in [3.63, 3.8) is 0 Å². The van der Waals surface area contributed by atoms with Crippen LogP contribution in [0.2, 0.25) is 0 Å². The topological polar surface area (TPSA) is 49.8 Å². The van der Waals surface area contributed by atoms with Gasteiger partial charge in [0.25, 0.3) is 0 Å². The second-order valence-corrected chi connectivity index (χ2v) is 4.63. The Morgan fingerprint density at radius 2 is 2.07 bits per heavy atom. The van der Waals surface area contributed by atoms with Crippen molar-refractivity contribution in [2.75, 3.05) is 6.61 Å². The minimum absolute atomic E-state index is 0.424. The standard InChI is InChI=1S/C11H18O3/c12-10(13)11(8-14-11)7-3-6-9-4-1-2-5-9/h9H,1-8H2,(H,12,13). The predicted octanol–water partition coefficient (Wildman–Crippen LogP) is 2.20. The van der Waals surface area contributed by atoms with Gasteiger partial charge in [-0.25, -0.2) is 4.79 Å². The molecule has 1 unspecified atom stereocenters. The van der Waals surface area contributed by atoms with Crippen LogP contribution in [0.1, 0.15) is 44.9 Å². The molecule has 3 heteroatoms. The van der Waals surface area contributed by atoms with E-state index < -0.39 is 11.6 Å². The number of hydrogen-bond donors (Lipinski definition) is 1. The molecule has 1 N–H and O–H groups in total. The Hall–Kier alpha value is -0.570. The second kappa shape index (κ2) is 3.89. The largest absolute Gasteiger partial charge is 0.479 e. The molecule has 1 aliphatic heterocycles. The van der Waals surface area contributed by atoms with E-state index in [1.54, 1.807) is 0 Å². The van der Waals surface area contributed by atoms with Gasteiger partial charge >= 0.3 is 5.97 Å². The Morgan fingerprint density at radius 3 is 2.57 bits per heavy atom. The molecule has 1 atom stereocenters. The Morgan fingerprint density at radius 1 is 1.43 bits per heavy atom. The molecule has 2 fully saturated rings. The van der Waals surface area contributed by atoms with E-state index in [1.807, 2.05) is 0 Å². The van der Waals surface area contributed by atoms with Crippen LogP contribution < -0.4 is 0 Å². The molecule has 1 heterocycles. The summed E-state index contributed by atoms with van der Waals surface area (Å²) in [7, 11) is 0. The van der Waals surface area contributed by atoms with Crippen molar-refractivity contribution >= 4 is 5.97 Å². The summed E-state index contributed by atoms with van der Waals surface area (Å²) in [6.07, 6.45) is 8.34. The zero-order chi connectivity index (χ0) is 10.0. The zero-order valence-corrected chi connectivity index (χ0v) is 8.50. The number of aliphatic carboxylic acids is 1. The Balaban J connectivity index is 1.65. The molecule has 0 bridgehead atoms. The van der Waals surface area contributed by atoms with Gasteiger partial charge in [-0.2, -0.15) is 0 Å². The first-order valence-corrected chi connectivity index (χ1v) is 5.60. The van der Waals surface area contributed by atoms with E-state index in [2.05, 4.69) is 0 Å². The zero-order valence-electron chi connectivity index (χ0n) is 8.50. The van der Waals surface area contributed by atoms with Gasteiger partial charge in [0.15, 0.2) is 5.60 Å². The third kappa shape index (κ3) is 2.08. The summed E-state index contributed by atoms with van der Waals surface area (Å²) in [6, 6.07) is 0. The normalized spacial score (nSPS) is 32.0. The van der Waals surface area contributed by atoms with Gasteiger partial charge in [-0.05, 0) is 18.8 Å². The summed E-state index contributed by atoms with van der Waals surface area (Å²) in [6.45, 7) is 0.424. The van der Waals surface area contributed by atoms with Crippen LogP contribution in [0.4, 0.5) is 0 Å². The minimum Gasteiger partial charge on any atom is -0.479 e. The van der Waals surface area contributed by atoms with E-state index in [0.29, 0.717) is 13.0 Å². The van der Waals surface area contributed by atoms with Gasteiger partial charge in [-0.3, -0.25) is 0 Å². The number of carboxylic acids is 1. The first kappa shape index (κ1) is 9.97. The van der Waals surface area contributed by atoms with E-state index in [4.69, 9.17) is 9.84 Å². The first-order valence-electron chi connectivity index (χ1n) is 5.60. The average Bonchev–Trinajstić information content (AvgIpc) is 2.76. The highest BCUT2D eigenvalue weighted by Crippen LogP contribution is 2.35. The van der Waals surface area contributed by atoms with Crippen LogP contribution in [0, 0.1) is 5.92 Å². The molecule has 2 rings (SSSR count). The van der Waals surface area contributed by atoms with Crippen molar-refractivity contribution in [1.29, 1.82) is 0 Å². The molecule has 1 saturated heterocycles. The maximum atomic E-state index is 10.8. The number of carbonyl (C=O) groups is 1. The summed E-state index contributed by atoms with van der Waals surface area (Å²) in [4.78, 5) is 10.8. The lowest BCUT2D eigenvalue weighted by Crippen LogP contribution is -2.23. The average molecular weight is 198 g/mol. The fraction of sp³-hybridized carbons (Fsp3) is 0.909. The Labute approximate surface area is 84.4 Å². The summed E-state index contributed by atoms with van der Waals surface area (Å²) < 4.78 is 5.02. The number of hydrogen-bond acceptors (Lipinski definition) is 2. The maximum Gasteiger partial charge on any atom is 0.338 e. The van der Waals surface area contributed by atoms with E-state index in [0.717, 1.165) is 12.3 Å². The molecule has 0 amide bonds. The van der Waals surface area contributed by atoms with E-state index in [9.17, 15) is 4.79 Å². The van der Waals surface area contributed by atoms with Crippen LogP contribution in [0.5, 0.6) is 0 Å². The molecule has 2 aliphatic rings. The van der Waals surface area contributed by atoms with Crippen molar-refractivity contribution in [3.05, 3.63) is 0 Å². The van der Waals surface area contributed by atoms with E-state index in [-0.39, 0.29) is 0 Å². The van der Waals surface area contributed by atoms with Gasteiger partial charge in [0.1, 0.15) is 0 Å². The summed E-state index contributed by atoms with van der Waals surface area (Å²) in [5.74, 6) is 0.0866. The fourth-order valence-corrected chi connectivity index (χ4v) is 2.44. The van der Waals surface area contributed by atoms with Gasteiger partial charge in [0.05, 0.1) is 6.61 Å². The quantitative estimate of drug-likeness (QED) is 0.689. The van der Waals surface area contributed by atoms with Gasteiger partial charge in [-0.1, -0.05) is 32.1 Å². The molecule has 0 aromatic rings. The monoisotopic (exact) mass is 198 g/mol. The number of epoxide rings is 1. The molecule has 0 aromatic carbocycles. The first-order chi connectivity index (χ1) is 6.73. The molecule has 3 nitrogen and oxygen atoms in total. The maximum absolute atomic E-state index is 10.8. The number of ether oxygens (including phenoxy) is 1. The SMILES string of the molecule is O=C(O)C1(CCCC2CCCC2)CO1. The lowest BCUT2D eigenvalue weighted by molar-refractivity contribution is -0.143. The lowest BCUT2D eigenvalue weighted by atomic mass is 9.96. The fourth-order valence-electron chi connectivity index (χ4n) is 2.44. The van der Waals surface area contributed by atoms with Crippen molar-refractivity contribution in [3.8, 4) is 0 Å². The van der Waals surface area contributed by atoms with Crippen molar-refractivity contribution in [1.82, 2.24) is 0 Å². The summed E-state index contributed by atoms with van der Waals surface area (Å²) in [5, 5.41) is 8.87. The molecule has 14 heavy (non-hydrogen) atoms. The highest BCUT2D eigenvalue weighted by Gasteiger charge is 2.51. The highest BCUT2D eigenvalue weighted by molar-refractivity contribution is 5.80. The van der Waals surface area contributed by atoms with Crippen molar-refractivity contribution < 1.29 is 14.6 Å². The van der Waals surface area contributed by atoms with Crippen LogP contribution in [0.25, 0.3) is 0 Å². The van der Waals surface area contributed by atoms with Gasteiger partial charge < -0.3 is 9.84 Å². The molecular weight excluding hydrogens is 180 g/mol. The van der Waals surface area contributed by atoms with Gasteiger partial charge in [0, 0.05) is 0 Å². The summed E-state index contributed by atoms with van der Waals surface area (Å²) in [5.41, 5.74) is -0.779. The van der Waals surface area contributed by atoms with E-state index >= 15 is 0 Å². The molecule has 1 aliphatic carbocycles. The highest BCUT2D eigenvalue weighted by atomic mass is 16.6. The summed E-state index contributed by atoms with van der Waals surface area (Å²) >= 11 is 0. The molecule has 0 aromatic heterocycles. The molecular formula is C11H18O3. The van der Waals surface area contributed by atoms with Crippen molar-refractivity contribution in [2.24, 2.45) is 5.92 Å². The van der Waals surface area contributed by atoms with Crippen LogP contribution in [0.3, 0.4) is 0 Å². The molecule has 0 radical (unpaired) electrons. The molecule has 80 valence electrons. The molecule has 1 saturated carbocycles. The third-order valence-electron chi connectivity index (χ3n) is 3.55.